The van der Waals surface area contributed by atoms with Gasteiger partial charge in [-0.15, -0.1) is 11.3 Å². The van der Waals surface area contributed by atoms with Crippen LogP contribution >= 0.6 is 22.9 Å². The van der Waals surface area contributed by atoms with Crippen molar-refractivity contribution < 1.29 is 0 Å². The van der Waals surface area contributed by atoms with Crippen molar-refractivity contribution in [1.29, 1.82) is 0 Å². The molecule has 0 amide bonds. The smallest absolute Gasteiger partial charge is 0.180 e. The molecule has 0 aliphatic heterocycles. The summed E-state index contributed by atoms with van der Waals surface area (Å²) in [5.74, 6) is 0.801. The summed E-state index contributed by atoms with van der Waals surface area (Å²) >= 11 is 7.38. The summed E-state index contributed by atoms with van der Waals surface area (Å²) in [6.45, 7) is 0. The second kappa shape index (κ2) is 3.72. The summed E-state index contributed by atoms with van der Waals surface area (Å²) in [6, 6.07) is 5.62. The van der Waals surface area contributed by atoms with Gasteiger partial charge in [0.2, 0.25) is 0 Å². The van der Waals surface area contributed by atoms with Gasteiger partial charge in [-0.1, -0.05) is 11.6 Å². The minimum Gasteiger partial charge on any atom is -0.375 e. The van der Waals surface area contributed by atoms with Crippen molar-refractivity contribution in [2.75, 3.05) is 5.73 Å². The van der Waals surface area contributed by atoms with E-state index in [2.05, 4.69) is 9.97 Å². The number of fused-ring (bicyclic) bond motifs is 1. The SMILES string of the molecule is Cn1c(-c2csc(N)n2)nc2ccc(Cl)cc21. The molecule has 2 heterocycles. The Morgan fingerprint density at radius 2 is 2.18 bits per heavy atom. The molecule has 0 radical (unpaired) electrons. The lowest BCUT2D eigenvalue weighted by atomic mass is 10.3. The number of thiazole rings is 1. The molecule has 1 aromatic carbocycles. The van der Waals surface area contributed by atoms with Crippen molar-refractivity contribution in [3.05, 3.63) is 28.6 Å². The zero-order valence-corrected chi connectivity index (χ0v) is 10.6. The van der Waals surface area contributed by atoms with Gasteiger partial charge in [-0.05, 0) is 18.2 Å². The molecule has 3 rings (SSSR count). The summed E-state index contributed by atoms with van der Waals surface area (Å²) in [6.07, 6.45) is 0. The molecule has 0 spiro atoms. The number of imidazole rings is 1. The van der Waals surface area contributed by atoms with Crippen LogP contribution in [-0.2, 0) is 7.05 Å². The van der Waals surface area contributed by atoms with Crippen molar-refractivity contribution in [1.82, 2.24) is 14.5 Å². The third kappa shape index (κ3) is 1.67. The predicted molar refractivity (Wildman–Crippen MR) is 71.2 cm³/mol. The van der Waals surface area contributed by atoms with Gasteiger partial charge in [0.1, 0.15) is 5.69 Å². The van der Waals surface area contributed by atoms with E-state index in [-0.39, 0.29) is 0 Å². The van der Waals surface area contributed by atoms with Crippen LogP contribution in [-0.4, -0.2) is 14.5 Å². The highest BCUT2D eigenvalue weighted by molar-refractivity contribution is 7.13. The van der Waals surface area contributed by atoms with Gasteiger partial charge in [0.15, 0.2) is 11.0 Å². The lowest BCUT2D eigenvalue weighted by molar-refractivity contribution is 0.953. The van der Waals surface area contributed by atoms with Crippen molar-refractivity contribution in [3.63, 3.8) is 0 Å². The monoisotopic (exact) mass is 264 g/mol. The van der Waals surface area contributed by atoms with Crippen LogP contribution in [0.3, 0.4) is 0 Å². The molecule has 0 bridgehead atoms. The Kier molecular flexibility index (Phi) is 2.31. The van der Waals surface area contributed by atoms with Crippen molar-refractivity contribution in [2.24, 2.45) is 7.05 Å². The molecule has 2 N–H and O–H groups in total. The van der Waals surface area contributed by atoms with E-state index in [0.717, 1.165) is 22.6 Å². The summed E-state index contributed by atoms with van der Waals surface area (Å²) in [5.41, 5.74) is 8.31. The number of nitrogens with two attached hydrogens (primary N) is 1. The van der Waals surface area contributed by atoms with Crippen LogP contribution in [0.4, 0.5) is 5.13 Å². The van der Waals surface area contributed by atoms with Gasteiger partial charge in [-0.3, -0.25) is 0 Å². The van der Waals surface area contributed by atoms with E-state index in [9.17, 15) is 0 Å². The van der Waals surface area contributed by atoms with Gasteiger partial charge in [0.25, 0.3) is 0 Å². The second-order valence-corrected chi connectivity index (χ2v) is 5.02. The molecule has 0 atom stereocenters. The first-order chi connectivity index (χ1) is 8.15. The number of hydrogen-bond donors (Lipinski definition) is 1. The minimum absolute atomic E-state index is 0.546. The third-order valence-electron chi connectivity index (χ3n) is 2.59. The van der Waals surface area contributed by atoms with Gasteiger partial charge in [0.05, 0.1) is 11.0 Å². The molecule has 86 valence electrons. The molecule has 17 heavy (non-hydrogen) atoms. The molecule has 0 fully saturated rings. The maximum absolute atomic E-state index is 5.98. The Morgan fingerprint density at radius 1 is 1.35 bits per heavy atom. The molecular weight excluding hydrogens is 256 g/mol. The lowest BCUT2D eigenvalue weighted by Crippen LogP contribution is -1.93. The third-order valence-corrected chi connectivity index (χ3v) is 3.50. The van der Waals surface area contributed by atoms with Crippen LogP contribution in [0.15, 0.2) is 23.6 Å². The Balaban J connectivity index is 2.27. The molecule has 4 nitrogen and oxygen atoms in total. The number of nitrogens with zero attached hydrogens (tertiary/aromatic N) is 3. The molecule has 3 aromatic rings. The van der Waals surface area contributed by atoms with Crippen LogP contribution < -0.4 is 5.73 Å². The van der Waals surface area contributed by atoms with Crippen LogP contribution in [0, 0.1) is 0 Å². The van der Waals surface area contributed by atoms with Gasteiger partial charge in [0, 0.05) is 17.5 Å². The average molecular weight is 265 g/mol. The molecule has 0 aliphatic rings. The second-order valence-electron chi connectivity index (χ2n) is 3.70. The van der Waals surface area contributed by atoms with Crippen molar-refractivity contribution >= 4 is 39.1 Å². The topological polar surface area (TPSA) is 56.7 Å². The standard InChI is InChI=1S/C11H9ClN4S/c1-16-9-4-6(12)2-3-7(9)14-10(16)8-5-17-11(13)15-8/h2-5H,1H3,(H2,13,15). The Labute approximate surface area is 107 Å². The molecule has 0 saturated heterocycles. The fourth-order valence-corrected chi connectivity index (χ4v) is 2.49. The van der Waals surface area contributed by atoms with E-state index in [1.165, 1.54) is 11.3 Å². The molecule has 0 aliphatic carbocycles. The molecule has 6 heteroatoms. The molecular formula is C11H9ClN4S. The zero-order chi connectivity index (χ0) is 12.0. The number of aromatic nitrogens is 3. The Hall–Kier alpha value is -1.59. The van der Waals surface area contributed by atoms with Crippen molar-refractivity contribution in [3.8, 4) is 11.5 Å². The first kappa shape index (κ1) is 10.6. The Bertz CT molecular complexity index is 701. The van der Waals surface area contributed by atoms with Crippen LogP contribution in [0.25, 0.3) is 22.6 Å². The number of rotatable bonds is 1. The molecule has 2 aromatic heterocycles. The highest BCUT2D eigenvalue weighted by Gasteiger charge is 2.12. The summed E-state index contributed by atoms with van der Waals surface area (Å²) in [7, 11) is 1.94. The van der Waals surface area contributed by atoms with Crippen LogP contribution in [0.2, 0.25) is 5.02 Å². The maximum atomic E-state index is 5.98. The normalized spacial score (nSPS) is 11.2. The number of benzene rings is 1. The van der Waals surface area contributed by atoms with Crippen molar-refractivity contribution in [2.45, 2.75) is 0 Å². The van der Waals surface area contributed by atoms with E-state index in [4.69, 9.17) is 17.3 Å². The quantitative estimate of drug-likeness (QED) is 0.735. The largest absolute Gasteiger partial charge is 0.375 e. The minimum atomic E-state index is 0.546. The van der Waals surface area contributed by atoms with Gasteiger partial charge >= 0.3 is 0 Å². The van der Waals surface area contributed by atoms with Gasteiger partial charge in [-0.25, -0.2) is 9.97 Å². The lowest BCUT2D eigenvalue weighted by Gasteiger charge is -1.98. The average Bonchev–Trinajstić information content (AvgIpc) is 2.84. The number of aryl methyl sites for hydroxylation is 1. The zero-order valence-electron chi connectivity index (χ0n) is 9.01. The van der Waals surface area contributed by atoms with Crippen LogP contribution in [0.1, 0.15) is 0 Å². The maximum Gasteiger partial charge on any atom is 0.180 e. The fraction of sp³-hybridized carbons (Fsp3) is 0.0909. The first-order valence-electron chi connectivity index (χ1n) is 4.98. The highest BCUT2D eigenvalue weighted by atomic mass is 35.5. The van der Waals surface area contributed by atoms with Gasteiger partial charge in [-0.2, -0.15) is 0 Å². The number of anilines is 1. The predicted octanol–water partition coefficient (Wildman–Crippen LogP) is 2.93. The molecule has 0 saturated carbocycles. The van der Waals surface area contributed by atoms with E-state index < -0.39 is 0 Å². The van der Waals surface area contributed by atoms with Crippen LogP contribution in [0.5, 0.6) is 0 Å². The number of hydrogen-bond acceptors (Lipinski definition) is 4. The van der Waals surface area contributed by atoms with E-state index >= 15 is 0 Å². The van der Waals surface area contributed by atoms with Gasteiger partial charge < -0.3 is 10.3 Å². The van der Waals surface area contributed by atoms with E-state index in [1.807, 2.05) is 35.2 Å². The highest BCUT2D eigenvalue weighted by Crippen LogP contribution is 2.27. The summed E-state index contributed by atoms with van der Waals surface area (Å²) in [5, 5.41) is 3.15. The fourth-order valence-electron chi connectivity index (χ4n) is 1.78. The summed E-state index contributed by atoms with van der Waals surface area (Å²) in [4.78, 5) is 8.77. The number of halogens is 1. The van der Waals surface area contributed by atoms with E-state index in [1.54, 1.807) is 0 Å². The Morgan fingerprint density at radius 3 is 2.88 bits per heavy atom. The van der Waals surface area contributed by atoms with E-state index in [0.29, 0.717) is 10.2 Å². The molecule has 0 unspecified atom stereocenters. The number of nitrogen functional groups attached to an aromatic ring is 1. The summed E-state index contributed by atoms with van der Waals surface area (Å²) < 4.78 is 1.97. The first-order valence-corrected chi connectivity index (χ1v) is 6.24.